The molecular formula is C16H22N4OS. The third kappa shape index (κ3) is 2.92. The standard InChI is InChI=1S/C16H22N4OS/c1-10-9-17-19-16(10)13-6-4-5-7-20(13)15(21)8-14-11(2)18-12(3)22-14/h9,13H,4-8H2,1-3H3,(H,17,19). The van der Waals surface area contributed by atoms with E-state index in [2.05, 4.69) is 15.2 Å². The number of hydrogen-bond donors (Lipinski definition) is 1. The van der Waals surface area contributed by atoms with Crippen LogP contribution in [-0.2, 0) is 11.2 Å². The second-order valence-corrected chi connectivity index (χ2v) is 7.27. The molecule has 1 atom stereocenters. The lowest BCUT2D eigenvalue weighted by molar-refractivity contribution is -0.134. The summed E-state index contributed by atoms with van der Waals surface area (Å²) >= 11 is 1.63. The Morgan fingerprint density at radius 2 is 2.23 bits per heavy atom. The van der Waals surface area contributed by atoms with Gasteiger partial charge in [-0.3, -0.25) is 9.89 Å². The number of aromatic nitrogens is 3. The van der Waals surface area contributed by atoms with Crippen molar-refractivity contribution in [2.24, 2.45) is 0 Å². The fraction of sp³-hybridized carbons (Fsp3) is 0.562. The quantitative estimate of drug-likeness (QED) is 0.946. The fourth-order valence-corrected chi connectivity index (χ4v) is 4.13. The average molecular weight is 318 g/mol. The zero-order valence-corrected chi connectivity index (χ0v) is 14.2. The van der Waals surface area contributed by atoms with Gasteiger partial charge in [0.1, 0.15) is 0 Å². The van der Waals surface area contributed by atoms with Crippen molar-refractivity contribution in [1.29, 1.82) is 0 Å². The zero-order valence-electron chi connectivity index (χ0n) is 13.3. The van der Waals surface area contributed by atoms with Gasteiger partial charge >= 0.3 is 0 Å². The van der Waals surface area contributed by atoms with Gasteiger partial charge in [-0.1, -0.05) is 0 Å². The fourth-order valence-electron chi connectivity index (χ4n) is 3.20. The molecular weight excluding hydrogens is 296 g/mol. The second-order valence-electron chi connectivity index (χ2n) is 5.98. The van der Waals surface area contributed by atoms with Gasteiger partial charge in [0.05, 0.1) is 35.1 Å². The van der Waals surface area contributed by atoms with Crippen molar-refractivity contribution in [3.63, 3.8) is 0 Å². The van der Waals surface area contributed by atoms with Crippen LogP contribution in [0.3, 0.4) is 0 Å². The number of nitrogens with zero attached hydrogens (tertiary/aromatic N) is 3. The van der Waals surface area contributed by atoms with Crippen LogP contribution in [0.1, 0.15) is 52.1 Å². The molecule has 0 spiro atoms. The van der Waals surface area contributed by atoms with Crippen LogP contribution in [0.5, 0.6) is 0 Å². The Labute approximate surface area is 134 Å². The number of carbonyl (C=O) groups is 1. The van der Waals surface area contributed by atoms with Gasteiger partial charge in [-0.2, -0.15) is 5.10 Å². The lowest BCUT2D eigenvalue weighted by Crippen LogP contribution is -2.39. The van der Waals surface area contributed by atoms with Gasteiger partial charge in [-0.05, 0) is 45.6 Å². The summed E-state index contributed by atoms with van der Waals surface area (Å²) in [7, 11) is 0. The SMILES string of the molecule is Cc1nc(C)c(CC(=O)N2CCCCC2c2[nH]ncc2C)s1. The smallest absolute Gasteiger partial charge is 0.228 e. The highest BCUT2D eigenvalue weighted by atomic mass is 32.1. The van der Waals surface area contributed by atoms with E-state index in [-0.39, 0.29) is 11.9 Å². The first-order chi connectivity index (χ1) is 10.6. The van der Waals surface area contributed by atoms with Gasteiger partial charge in [-0.15, -0.1) is 11.3 Å². The van der Waals surface area contributed by atoms with Crippen molar-refractivity contribution >= 4 is 17.2 Å². The number of aryl methyl sites for hydroxylation is 3. The maximum absolute atomic E-state index is 12.8. The third-order valence-electron chi connectivity index (χ3n) is 4.34. The summed E-state index contributed by atoms with van der Waals surface area (Å²) in [5.74, 6) is 0.199. The number of hydrogen-bond acceptors (Lipinski definition) is 4. The summed E-state index contributed by atoms with van der Waals surface area (Å²) in [4.78, 5) is 20.4. The number of nitrogens with one attached hydrogen (secondary N) is 1. The highest BCUT2D eigenvalue weighted by molar-refractivity contribution is 7.11. The summed E-state index contributed by atoms with van der Waals surface area (Å²) in [6.45, 7) is 6.85. The molecule has 0 radical (unpaired) electrons. The molecule has 2 aromatic rings. The number of aromatic amines is 1. The maximum atomic E-state index is 12.8. The lowest BCUT2D eigenvalue weighted by Gasteiger charge is -2.35. The first kappa shape index (κ1) is 15.2. The molecule has 1 aliphatic rings. The molecule has 22 heavy (non-hydrogen) atoms. The molecule has 1 amide bonds. The van der Waals surface area contributed by atoms with Gasteiger partial charge in [0, 0.05) is 11.4 Å². The molecule has 1 unspecified atom stereocenters. The topological polar surface area (TPSA) is 61.9 Å². The first-order valence-electron chi connectivity index (χ1n) is 7.78. The average Bonchev–Trinajstić information content (AvgIpc) is 3.04. The van der Waals surface area contributed by atoms with E-state index >= 15 is 0 Å². The molecule has 1 aliphatic heterocycles. The molecule has 118 valence electrons. The number of rotatable bonds is 3. The van der Waals surface area contributed by atoms with Crippen molar-refractivity contribution in [1.82, 2.24) is 20.1 Å². The van der Waals surface area contributed by atoms with E-state index in [9.17, 15) is 4.79 Å². The van der Waals surface area contributed by atoms with Crippen LogP contribution in [0.2, 0.25) is 0 Å². The molecule has 6 heteroatoms. The molecule has 5 nitrogen and oxygen atoms in total. The van der Waals surface area contributed by atoms with E-state index in [1.165, 1.54) is 0 Å². The van der Waals surface area contributed by atoms with E-state index in [1.807, 2.05) is 31.9 Å². The van der Waals surface area contributed by atoms with E-state index < -0.39 is 0 Å². The summed E-state index contributed by atoms with van der Waals surface area (Å²) in [6.07, 6.45) is 5.54. The van der Waals surface area contributed by atoms with E-state index in [4.69, 9.17) is 0 Å². The molecule has 0 aliphatic carbocycles. The first-order valence-corrected chi connectivity index (χ1v) is 8.60. The molecule has 0 aromatic carbocycles. The van der Waals surface area contributed by atoms with Gasteiger partial charge in [0.2, 0.25) is 5.91 Å². The Morgan fingerprint density at radius 3 is 2.86 bits per heavy atom. The van der Waals surface area contributed by atoms with Crippen LogP contribution >= 0.6 is 11.3 Å². The minimum atomic E-state index is 0.137. The van der Waals surface area contributed by atoms with Crippen LogP contribution in [-0.4, -0.2) is 32.5 Å². The number of piperidine rings is 1. The Hall–Kier alpha value is -1.69. The third-order valence-corrected chi connectivity index (χ3v) is 5.41. The minimum absolute atomic E-state index is 0.137. The van der Waals surface area contributed by atoms with Crippen LogP contribution in [0.15, 0.2) is 6.20 Å². The Kier molecular flexibility index (Phi) is 4.29. The van der Waals surface area contributed by atoms with Crippen LogP contribution in [0.25, 0.3) is 0 Å². The molecule has 2 aromatic heterocycles. The summed E-state index contributed by atoms with van der Waals surface area (Å²) < 4.78 is 0. The molecule has 0 bridgehead atoms. The van der Waals surface area contributed by atoms with Crippen LogP contribution in [0, 0.1) is 20.8 Å². The highest BCUT2D eigenvalue weighted by Crippen LogP contribution is 2.32. The van der Waals surface area contributed by atoms with Gasteiger partial charge < -0.3 is 4.90 Å². The number of carbonyl (C=O) groups excluding carboxylic acids is 1. The number of amides is 1. The molecule has 0 saturated carbocycles. The van der Waals surface area contributed by atoms with E-state index in [0.717, 1.165) is 52.6 Å². The Bertz CT molecular complexity index is 675. The number of thiazole rings is 1. The van der Waals surface area contributed by atoms with Gasteiger partial charge in [0.15, 0.2) is 0 Å². The predicted octanol–water partition coefficient (Wildman–Crippen LogP) is 3.09. The van der Waals surface area contributed by atoms with Crippen molar-refractivity contribution in [2.45, 2.75) is 52.5 Å². The van der Waals surface area contributed by atoms with Crippen molar-refractivity contribution in [3.8, 4) is 0 Å². The summed E-state index contributed by atoms with van der Waals surface area (Å²) in [6, 6.07) is 0.137. The monoisotopic (exact) mass is 318 g/mol. The molecule has 3 heterocycles. The number of H-pyrrole nitrogens is 1. The van der Waals surface area contributed by atoms with Gasteiger partial charge in [0.25, 0.3) is 0 Å². The predicted molar refractivity (Wildman–Crippen MR) is 86.9 cm³/mol. The Balaban J connectivity index is 1.80. The van der Waals surface area contributed by atoms with E-state index in [1.54, 1.807) is 11.3 Å². The molecule has 3 rings (SSSR count). The molecule has 1 saturated heterocycles. The second kappa shape index (κ2) is 6.20. The van der Waals surface area contributed by atoms with Crippen LogP contribution in [0.4, 0.5) is 0 Å². The van der Waals surface area contributed by atoms with E-state index in [0.29, 0.717) is 6.42 Å². The van der Waals surface area contributed by atoms with Gasteiger partial charge in [-0.25, -0.2) is 4.98 Å². The Morgan fingerprint density at radius 1 is 1.41 bits per heavy atom. The van der Waals surface area contributed by atoms with Crippen LogP contribution < -0.4 is 0 Å². The molecule has 1 fully saturated rings. The lowest BCUT2D eigenvalue weighted by atomic mass is 9.97. The summed E-state index contributed by atoms with van der Waals surface area (Å²) in [5, 5.41) is 8.23. The van der Waals surface area contributed by atoms with Crippen molar-refractivity contribution in [3.05, 3.63) is 33.0 Å². The van der Waals surface area contributed by atoms with Crippen molar-refractivity contribution < 1.29 is 4.79 Å². The molecule has 1 N–H and O–H groups in total. The van der Waals surface area contributed by atoms with Crippen molar-refractivity contribution in [2.75, 3.05) is 6.54 Å². The minimum Gasteiger partial charge on any atom is -0.334 e. The summed E-state index contributed by atoms with van der Waals surface area (Å²) in [5.41, 5.74) is 3.21. The normalized spacial score (nSPS) is 18.7. The number of likely N-dealkylation sites (tertiary alicyclic amines) is 1. The highest BCUT2D eigenvalue weighted by Gasteiger charge is 2.30. The largest absolute Gasteiger partial charge is 0.334 e. The maximum Gasteiger partial charge on any atom is 0.228 e. The zero-order chi connectivity index (χ0) is 15.7.